The topological polar surface area (TPSA) is 49.4 Å². The van der Waals surface area contributed by atoms with Gasteiger partial charge in [-0.05, 0) is 44.4 Å². The number of benzene rings is 1. The van der Waals surface area contributed by atoms with Crippen LogP contribution in [0.4, 0.5) is 0 Å². The summed E-state index contributed by atoms with van der Waals surface area (Å²) in [7, 11) is -3.40. The van der Waals surface area contributed by atoms with E-state index < -0.39 is 10.0 Å². The molecular weight excluding hydrogens is 284 g/mol. The molecule has 0 aliphatic carbocycles. The first-order valence-corrected chi connectivity index (χ1v) is 9.29. The molecule has 1 N–H and O–H groups in total. The normalized spacial score (nSPS) is 19.3. The van der Waals surface area contributed by atoms with Crippen LogP contribution in [0.15, 0.2) is 29.2 Å². The van der Waals surface area contributed by atoms with Crippen LogP contribution in [0.3, 0.4) is 0 Å². The quantitative estimate of drug-likeness (QED) is 0.842. The van der Waals surface area contributed by atoms with Crippen LogP contribution in [0.2, 0.25) is 0 Å². The van der Waals surface area contributed by atoms with Crippen molar-refractivity contribution in [1.82, 2.24) is 9.62 Å². The summed E-state index contributed by atoms with van der Waals surface area (Å²) < 4.78 is 27.6. The molecule has 2 rings (SSSR count). The van der Waals surface area contributed by atoms with Gasteiger partial charge in [0.15, 0.2) is 0 Å². The average Bonchev–Trinajstić information content (AvgIpc) is 2.96. The zero-order chi connectivity index (χ0) is 15.3. The summed E-state index contributed by atoms with van der Waals surface area (Å²) in [6.45, 7) is 6.13. The van der Waals surface area contributed by atoms with Crippen molar-refractivity contribution in [1.29, 1.82) is 0 Å². The molecule has 0 spiro atoms. The summed E-state index contributed by atoms with van der Waals surface area (Å²) >= 11 is 0. The number of aryl methyl sites for hydroxylation is 1. The molecule has 1 aliphatic heterocycles. The second kappa shape index (κ2) is 7.38. The summed E-state index contributed by atoms with van der Waals surface area (Å²) in [4.78, 5) is 0.444. The summed E-state index contributed by atoms with van der Waals surface area (Å²) in [5, 5.41) is 3.40. The van der Waals surface area contributed by atoms with Gasteiger partial charge >= 0.3 is 0 Å². The van der Waals surface area contributed by atoms with Crippen molar-refractivity contribution in [3.05, 3.63) is 29.8 Å². The number of nitrogens with one attached hydrogen (secondary N) is 1. The fraction of sp³-hybridized carbons (Fsp3) is 0.625. The molecule has 1 heterocycles. The molecule has 1 aromatic rings. The predicted octanol–water partition coefficient (Wildman–Crippen LogP) is 2.54. The second-order valence-electron chi connectivity index (χ2n) is 5.78. The van der Waals surface area contributed by atoms with E-state index in [1.165, 1.54) is 0 Å². The lowest BCUT2D eigenvalue weighted by Gasteiger charge is -2.26. The van der Waals surface area contributed by atoms with Crippen LogP contribution in [-0.4, -0.2) is 38.4 Å². The Kier molecular flexibility index (Phi) is 5.79. The van der Waals surface area contributed by atoms with E-state index in [0.717, 1.165) is 37.8 Å². The molecule has 118 valence electrons. The molecule has 0 amide bonds. The van der Waals surface area contributed by atoms with Gasteiger partial charge in [0, 0.05) is 19.1 Å². The van der Waals surface area contributed by atoms with Gasteiger partial charge in [-0.25, -0.2) is 8.42 Å². The molecule has 1 atom stereocenters. The smallest absolute Gasteiger partial charge is 0.243 e. The van der Waals surface area contributed by atoms with E-state index in [2.05, 4.69) is 12.2 Å². The maximum Gasteiger partial charge on any atom is 0.243 e. The standard InChI is InChI=1S/C16H26N2O2S/c1-3-4-12-18(13-15-9-7-11-17-15)21(19,20)16-10-6-5-8-14(16)2/h5-6,8,10,15,17H,3-4,7,9,11-13H2,1-2H3. The van der Waals surface area contributed by atoms with Gasteiger partial charge in [-0.3, -0.25) is 0 Å². The molecule has 0 bridgehead atoms. The summed E-state index contributed by atoms with van der Waals surface area (Å²) in [5.41, 5.74) is 0.818. The minimum atomic E-state index is -3.40. The average molecular weight is 310 g/mol. The number of nitrogens with zero attached hydrogens (tertiary/aromatic N) is 1. The van der Waals surface area contributed by atoms with E-state index in [1.54, 1.807) is 16.4 Å². The van der Waals surface area contributed by atoms with Gasteiger partial charge in [-0.2, -0.15) is 4.31 Å². The molecule has 4 nitrogen and oxygen atoms in total. The van der Waals surface area contributed by atoms with Crippen LogP contribution in [0.25, 0.3) is 0 Å². The molecule has 5 heteroatoms. The highest BCUT2D eigenvalue weighted by atomic mass is 32.2. The molecule has 21 heavy (non-hydrogen) atoms. The van der Waals surface area contributed by atoms with Crippen LogP contribution in [-0.2, 0) is 10.0 Å². The Morgan fingerprint density at radius 2 is 2.10 bits per heavy atom. The van der Waals surface area contributed by atoms with Gasteiger partial charge < -0.3 is 5.32 Å². The third-order valence-corrected chi connectivity index (χ3v) is 6.08. The number of hydrogen-bond donors (Lipinski definition) is 1. The molecule has 0 radical (unpaired) electrons. The predicted molar refractivity (Wildman–Crippen MR) is 85.9 cm³/mol. The van der Waals surface area contributed by atoms with E-state index in [-0.39, 0.29) is 0 Å². The molecule has 0 aromatic heterocycles. The van der Waals surface area contributed by atoms with Crippen molar-refractivity contribution in [3.63, 3.8) is 0 Å². The van der Waals surface area contributed by atoms with Crippen molar-refractivity contribution < 1.29 is 8.42 Å². The molecule has 0 saturated carbocycles. The van der Waals surface area contributed by atoms with Gasteiger partial charge in [0.2, 0.25) is 10.0 Å². The molecule has 1 aromatic carbocycles. The Bertz CT molecular complexity index is 551. The van der Waals surface area contributed by atoms with E-state index in [4.69, 9.17) is 0 Å². The zero-order valence-electron chi connectivity index (χ0n) is 13.0. The Morgan fingerprint density at radius 3 is 2.71 bits per heavy atom. The lowest BCUT2D eigenvalue weighted by Crippen LogP contribution is -2.41. The second-order valence-corrected chi connectivity index (χ2v) is 7.68. The molecule has 1 fully saturated rings. The van der Waals surface area contributed by atoms with Crippen LogP contribution >= 0.6 is 0 Å². The molecule has 1 aliphatic rings. The van der Waals surface area contributed by atoms with Gasteiger partial charge in [0.1, 0.15) is 0 Å². The van der Waals surface area contributed by atoms with E-state index in [9.17, 15) is 8.42 Å². The number of hydrogen-bond acceptors (Lipinski definition) is 3. The van der Waals surface area contributed by atoms with Crippen molar-refractivity contribution in [2.75, 3.05) is 19.6 Å². The number of rotatable bonds is 7. The van der Waals surface area contributed by atoms with Crippen LogP contribution in [0.5, 0.6) is 0 Å². The highest BCUT2D eigenvalue weighted by Crippen LogP contribution is 2.21. The Hall–Kier alpha value is -0.910. The van der Waals surface area contributed by atoms with Crippen molar-refractivity contribution in [3.8, 4) is 0 Å². The first kappa shape index (κ1) is 16.5. The van der Waals surface area contributed by atoms with Crippen molar-refractivity contribution in [2.24, 2.45) is 0 Å². The first-order valence-electron chi connectivity index (χ1n) is 7.85. The lowest BCUT2D eigenvalue weighted by atomic mass is 10.2. The van der Waals surface area contributed by atoms with Crippen LogP contribution < -0.4 is 5.32 Å². The zero-order valence-corrected chi connectivity index (χ0v) is 13.8. The Labute approximate surface area is 128 Å². The number of sulfonamides is 1. The van der Waals surface area contributed by atoms with Crippen LogP contribution in [0, 0.1) is 6.92 Å². The van der Waals surface area contributed by atoms with Crippen LogP contribution in [0.1, 0.15) is 38.2 Å². The third kappa shape index (κ3) is 4.05. The highest BCUT2D eigenvalue weighted by Gasteiger charge is 2.28. The first-order chi connectivity index (χ1) is 10.1. The van der Waals surface area contributed by atoms with E-state index >= 15 is 0 Å². The molecule has 1 saturated heterocycles. The number of unbranched alkanes of at least 4 members (excludes halogenated alkanes) is 1. The third-order valence-electron chi connectivity index (χ3n) is 4.06. The van der Waals surface area contributed by atoms with E-state index in [0.29, 0.717) is 24.0 Å². The molecule has 1 unspecified atom stereocenters. The minimum absolute atomic E-state index is 0.292. The molecular formula is C16H26N2O2S. The van der Waals surface area contributed by atoms with E-state index in [1.807, 2.05) is 19.1 Å². The SMILES string of the molecule is CCCCN(CC1CCCN1)S(=O)(=O)c1ccccc1C. The van der Waals surface area contributed by atoms with Gasteiger partial charge in [-0.15, -0.1) is 0 Å². The summed E-state index contributed by atoms with van der Waals surface area (Å²) in [6.07, 6.45) is 4.10. The van der Waals surface area contributed by atoms with Gasteiger partial charge in [0.25, 0.3) is 0 Å². The Morgan fingerprint density at radius 1 is 1.33 bits per heavy atom. The fourth-order valence-corrected chi connectivity index (χ4v) is 4.54. The van der Waals surface area contributed by atoms with Gasteiger partial charge in [-0.1, -0.05) is 31.5 Å². The largest absolute Gasteiger partial charge is 0.313 e. The minimum Gasteiger partial charge on any atom is -0.313 e. The highest BCUT2D eigenvalue weighted by molar-refractivity contribution is 7.89. The monoisotopic (exact) mass is 310 g/mol. The summed E-state index contributed by atoms with van der Waals surface area (Å²) in [6, 6.07) is 7.54. The Balaban J connectivity index is 2.23. The van der Waals surface area contributed by atoms with Gasteiger partial charge in [0.05, 0.1) is 4.90 Å². The maximum atomic E-state index is 12.9. The van der Waals surface area contributed by atoms with Crippen molar-refractivity contribution in [2.45, 2.75) is 50.5 Å². The maximum absolute atomic E-state index is 12.9. The van der Waals surface area contributed by atoms with Crippen molar-refractivity contribution >= 4 is 10.0 Å². The summed E-state index contributed by atoms with van der Waals surface area (Å²) in [5.74, 6) is 0. The fourth-order valence-electron chi connectivity index (χ4n) is 2.79. The lowest BCUT2D eigenvalue weighted by molar-refractivity contribution is 0.364.